The van der Waals surface area contributed by atoms with Gasteiger partial charge in [-0.1, -0.05) is 19.3 Å². The highest BCUT2D eigenvalue weighted by Crippen LogP contribution is 2.29. The Bertz CT molecular complexity index is 611. The maximum Gasteiger partial charge on any atom is 0.112 e. The lowest BCUT2D eigenvalue weighted by atomic mass is 9.85. The zero-order valence-electron chi connectivity index (χ0n) is 11.3. The number of anilines is 1. The number of hydrogen-bond donors (Lipinski definition) is 2. The Morgan fingerprint density at radius 3 is 2.85 bits per heavy atom. The van der Waals surface area contributed by atoms with Crippen LogP contribution < -0.4 is 5.32 Å². The van der Waals surface area contributed by atoms with Crippen LogP contribution in [0, 0.1) is 0 Å². The van der Waals surface area contributed by atoms with Crippen LogP contribution >= 0.6 is 15.9 Å². The van der Waals surface area contributed by atoms with Gasteiger partial charge in [0.05, 0.1) is 16.8 Å². The standard InChI is InChI=1S/C15H18BrN3O/c16-11-8-13-14(18-9-11)12(4-7-17-13)19-10-15(20)5-2-1-3-6-15/h4,7-9,20H,1-3,5-6,10H2,(H,17,19). The SMILES string of the molecule is OC1(CNc2ccnc3cc(Br)cnc23)CCCCC1. The van der Waals surface area contributed by atoms with Gasteiger partial charge < -0.3 is 10.4 Å². The Balaban J connectivity index is 1.80. The Morgan fingerprint density at radius 2 is 2.05 bits per heavy atom. The van der Waals surface area contributed by atoms with Crippen LogP contribution in [-0.2, 0) is 0 Å². The van der Waals surface area contributed by atoms with E-state index in [4.69, 9.17) is 0 Å². The summed E-state index contributed by atoms with van der Waals surface area (Å²) in [6.07, 6.45) is 8.75. The number of hydrogen-bond acceptors (Lipinski definition) is 4. The molecule has 0 atom stereocenters. The summed E-state index contributed by atoms with van der Waals surface area (Å²) in [6.45, 7) is 0.573. The number of nitrogens with one attached hydrogen (secondary N) is 1. The number of aromatic nitrogens is 2. The number of nitrogens with zero attached hydrogens (tertiary/aromatic N) is 2. The summed E-state index contributed by atoms with van der Waals surface area (Å²) in [4.78, 5) is 8.73. The fourth-order valence-corrected chi connectivity index (χ4v) is 3.11. The van der Waals surface area contributed by atoms with E-state index in [9.17, 15) is 5.11 Å². The van der Waals surface area contributed by atoms with Gasteiger partial charge in [-0.25, -0.2) is 0 Å². The molecule has 0 saturated heterocycles. The summed E-state index contributed by atoms with van der Waals surface area (Å²) in [5.74, 6) is 0. The van der Waals surface area contributed by atoms with Crippen molar-refractivity contribution >= 4 is 32.7 Å². The first kappa shape index (κ1) is 13.8. The van der Waals surface area contributed by atoms with Gasteiger partial charge in [0.1, 0.15) is 5.52 Å². The number of halogens is 1. The molecular weight excluding hydrogens is 318 g/mol. The third kappa shape index (κ3) is 2.94. The van der Waals surface area contributed by atoms with Gasteiger partial charge in [-0.2, -0.15) is 0 Å². The van der Waals surface area contributed by atoms with Crippen LogP contribution in [0.15, 0.2) is 29.0 Å². The van der Waals surface area contributed by atoms with E-state index in [2.05, 4.69) is 31.2 Å². The van der Waals surface area contributed by atoms with Crippen molar-refractivity contribution in [1.29, 1.82) is 0 Å². The van der Waals surface area contributed by atoms with E-state index in [1.807, 2.05) is 12.1 Å². The Hall–Kier alpha value is -1.20. The summed E-state index contributed by atoms with van der Waals surface area (Å²) in [5.41, 5.74) is 2.04. The first-order chi connectivity index (χ1) is 9.66. The van der Waals surface area contributed by atoms with Crippen molar-refractivity contribution in [3.63, 3.8) is 0 Å². The molecule has 0 spiro atoms. The topological polar surface area (TPSA) is 58.0 Å². The molecule has 4 nitrogen and oxygen atoms in total. The molecular formula is C15H18BrN3O. The molecule has 1 aliphatic carbocycles. The number of fused-ring (bicyclic) bond motifs is 1. The minimum atomic E-state index is -0.580. The van der Waals surface area contributed by atoms with Gasteiger partial charge >= 0.3 is 0 Å². The maximum atomic E-state index is 10.5. The van der Waals surface area contributed by atoms with E-state index in [0.29, 0.717) is 6.54 Å². The normalized spacial score (nSPS) is 18.1. The Morgan fingerprint density at radius 1 is 1.25 bits per heavy atom. The predicted molar refractivity (Wildman–Crippen MR) is 83.8 cm³/mol. The van der Waals surface area contributed by atoms with Crippen molar-refractivity contribution < 1.29 is 5.11 Å². The number of pyridine rings is 2. The largest absolute Gasteiger partial charge is 0.388 e. The maximum absolute atomic E-state index is 10.5. The molecule has 0 amide bonds. The summed E-state index contributed by atoms with van der Waals surface area (Å²) >= 11 is 3.40. The molecule has 20 heavy (non-hydrogen) atoms. The van der Waals surface area contributed by atoms with Crippen LogP contribution in [0.3, 0.4) is 0 Å². The fraction of sp³-hybridized carbons (Fsp3) is 0.467. The molecule has 2 heterocycles. The summed E-state index contributed by atoms with van der Waals surface area (Å²) in [7, 11) is 0. The molecule has 1 aliphatic rings. The Kier molecular flexibility index (Phi) is 3.89. The van der Waals surface area contributed by atoms with Crippen LogP contribution in [-0.4, -0.2) is 27.2 Å². The van der Waals surface area contributed by atoms with Crippen molar-refractivity contribution in [3.8, 4) is 0 Å². The van der Waals surface area contributed by atoms with Gasteiger partial charge in [-0.3, -0.25) is 9.97 Å². The average molecular weight is 336 g/mol. The van der Waals surface area contributed by atoms with Crippen molar-refractivity contribution in [2.75, 3.05) is 11.9 Å². The van der Waals surface area contributed by atoms with Gasteiger partial charge in [0.25, 0.3) is 0 Å². The molecule has 1 fully saturated rings. The van der Waals surface area contributed by atoms with Crippen molar-refractivity contribution in [1.82, 2.24) is 9.97 Å². The average Bonchev–Trinajstić information content (AvgIpc) is 2.45. The van der Waals surface area contributed by atoms with Gasteiger partial charge in [0, 0.05) is 23.4 Å². The second-order valence-corrected chi connectivity index (χ2v) is 6.43. The zero-order chi connectivity index (χ0) is 14.0. The lowest BCUT2D eigenvalue weighted by Gasteiger charge is -2.32. The van der Waals surface area contributed by atoms with Gasteiger partial charge in [0.15, 0.2) is 0 Å². The predicted octanol–water partition coefficient (Wildman–Crippen LogP) is 3.50. The first-order valence-corrected chi connectivity index (χ1v) is 7.82. The second kappa shape index (κ2) is 5.66. The smallest absolute Gasteiger partial charge is 0.112 e. The lowest BCUT2D eigenvalue weighted by molar-refractivity contribution is 0.0167. The van der Waals surface area contributed by atoms with Crippen LogP contribution in [0.1, 0.15) is 32.1 Å². The Labute approximate surface area is 126 Å². The van der Waals surface area contributed by atoms with E-state index >= 15 is 0 Å². The zero-order valence-corrected chi connectivity index (χ0v) is 12.9. The third-order valence-corrected chi connectivity index (χ3v) is 4.37. The molecule has 106 valence electrons. The van der Waals surface area contributed by atoms with Crippen molar-refractivity contribution in [2.24, 2.45) is 0 Å². The molecule has 2 N–H and O–H groups in total. The molecule has 1 saturated carbocycles. The van der Waals surface area contributed by atoms with Gasteiger partial charge in [0.2, 0.25) is 0 Å². The minimum Gasteiger partial charge on any atom is -0.388 e. The van der Waals surface area contributed by atoms with Crippen LogP contribution in [0.25, 0.3) is 11.0 Å². The molecule has 0 aliphatic heterocycles. The van der Waals surface area contributed by atoms with Crippen molar-refractivity contribution in [2.45, 2.75) is 37.7 Å². The number of aliphatic hydroxyl groups is 1. The first-order valence-electron chi connectivity index (χ1n) is 7.03. The summed E-state index contributed by atoms with van der Waals surface area (Å²) in [6, 6.07) is 3.86. The molecule has 0 radical (unpaired) electrons. The van der Waals surface area contributed by atoms with Gasteiger partial charge in [-0.05, 0) is 40.9 Å². The molecule has 0 aromatic carbocycles. The highest BCUT2D eigenvalue weighted by atomic mass is 79.9. The molecule has 2 aromatic rings. The van der Waals surface area contributed by atoms with E-state index in [-0.39, 0.29) is 0 Å². The molecule has 0 unspecified atom stereocenters. The van der Waals surface area contributed by atoms with E-state index < -0.39 is 5.60 Å². The highest BCUT2D eigenvalue weighted by Gasteiger charge is 2.28. The highest BCUT2D eigenvalue weighted by molar-refractivity contribution is 9.10. The number of rotatable bonds is 3. The fourth-order valence-electron chi connectivity index (χ4n) is 2.79. The van der Waals surface area contributed by atoms with E-state index in [1.54, 1.807) is 12.4 Å². The van der Waals surface area contributed by atoms with E-state index in [1.165, 1.54) is 6.42 Å². The van der Waals surface area contributed by atoms with Crippen LogP contribution in [0.2, 0.25) is 0 Å². The van der Waals surface area contributed by atoms with Crippen LogP contribution in [0.5, 0.6) is 0 Å². The minimum absolute atomic E-state index is 0.573. The molecule has 0 bridgehead atoms. The van der Waals surface area contributed by atoms with Crippen LogP contribution in [0.4, 0.5) is 5.69 Å². The third-order valence-electron chi connectivity index (χ3n) is 3.94. The quantitative estimate of drug-likeness (QED) is 0.901. The second-order valence-electron chi connectivity index (χ2n) is 5.52. The molecule has 3 rings (SSSR count). The lowest BCUT2D eigenvalue weighted by Crippen LogP contribution is -2.38. The molecule has 5 heteroatoms. The monoisotopic (exact) mass is 335 g/mol. The summed E-state index contributed by atoms with van der Waals surface area (Å²) < 4.78 is 0.917. The van der Waals surface area contributed by atoms with Crippen molar-refractivity contribution in [3.05, 3.63) is 29.0 Å². The molecule has 2 aromatic heterocycles. The van der Waals surface area contributed by atoms with Gasteiger partial charge in [-0.15, -0.1) is 0 Å². The van der Waals surface area contributed by atoms with E-state index in [0.717, 1.165) is 46.9 Å². The summed E-state index contributed by atoms with van der Waals surface area (Å²) in [5, 5.41) is 13.9.